The molecule has 0 aliphatic carbocycles. The Bertz CT molecular complexity index is 295. The molecule has 0 saturated carbocycles. The van der Waals surface area contributed by atoms with Gasteiger partial charge in [-0.05, 0) is 26.2 Å². The van der Waals surface area contributed by atoms with Crippen molar-refractivity contribution in [1.82, 2.24) is 0 Å². The number of aliphatic hydroxyl groups is 3. The minimum atomic E-state index is -0.977. The van der Waals surface area contributed by atoms with Crippen molar-refractivity contribution in [2.75, 3.05) is 19.8 Å². The summed E-state index contributed by atoms with van der Waals surface area (Å²) >= 11 is 0. The second-order valence-corrected chi connectivity index (χ2v) is 5.93. The number of hydrogen-bond acceptors (Lipinski definition) is 5. The molecule has 1 aliphatic rings. The van der Waals surface area contributed by atoms with E-state index < -0.39 is 24.4 Å². The lowest BCUT2D eigenvalue weighted by atomic mass is 10.1. The summed E-state index contributed by atoms with van der Waals surface area (Å²) in [6.07, 6.45) is 9.44. The van der Waals surface area contributed by atoms with E-state index in [1.807, 2.05) is 0 Å². The molecule has 5 nitrogen and oxygen atoms in total. The lowest BCUT2D eigenvalue weighted by Crippen LogP contribution is -2.42. The molecule has 1 saturated heterocycles. The van der Waals surface area contributed by atoms with Crippen LogP contribution in [0.4, 0.5) is 0 Å². The van der Waals surface area contributed by atoms with Crippen LogP contribution in [0.5, 0.6) is 0 Å². The standard InChI is InChI=1S/C17H32O5/c1-2-3-4-5-6-7-8-9-10-11-21-15(12-18)17-16(20)14(19)13-22-17/h2-3,14-20H,4-13H2,1H3/b3-2+/t14-,15+,16+,17+/m1/s1. The molecule has 0 spiro atoms. The van der Waals surface area contributed by atoms with E-state index in [1.165, 1.54) is 32.1 Å². The van der Waals surface area contributed by atoms with Gasteiger partial charge in [-0.25, -0.2) is 0 Å². The zero-order valence-corrected chi connectivity index (χ0v) is 13.7. The van der Waals surface area contributed by atoms with Crippen LogP contribution in [0.3, 0.4) is 0 Å². The zero-order chi connectivity index (χ0) is 16.2. The number of ether oxygens (including phenoxy) is 2. The third-order valence-corrected chi connectivity index (χ3v) is 4.07. The van der Waals surface area contributed by atoms with Gasteiger partial charge in [0.25, 0.3) is 0 Å². The van der Waals surface area contributed by atoms with Crippen LogP contribution in [0, 0.1) is 0 Å². The fourth-order valence-corrected chi connectivity index (χ4v) is 2.68. The van der Waals surface area contributed by atoms with Crippen LogP contribution in [0.2, 0.25) is 0 Å². The molecule has 0 aromatic heterocycles. The van der Waals surface area contributed by atoms with Gasteiger partial charge in [-0.2, -0.15) is 0 Å². The van der Waals surface area contributed by atoms with Crippen molar-refractivity contribution in [2.24, 2.45) is 0 Å². The largest absolute Gasteiger partial charge is 0.394 e. The normalized spacial score (nSPS) is 26.8. The van der Waals surface area contributed by atoms with Crippen molar-refractivity contribution in [3.05, 3.63) is 12.2 Å². The molecule has 130 valence electrons. The highest BCUT2D eigenvalue weighted by molar-refractivity contribution is 4.88. The van der Waals surface area contributed by atoms with Crippen molar-refractivity contribution >= 4 is 0 Å². The quantitative estimate of drug-likeness (QED) is 0.378. The summed E-state index contributed by atoms with van der Waals surface area (Å²) in [6, 6.07) is 0. The molecule has 1 heterocycles. The van der Waals surface area contributed by atoms with Gasteiger partial charge >= 0.3 is 0 Å². The van der Waals surface area contributed by atoms with E-state index in [2.05, 4.69) is 19.1 Å². The maximum absolute atomic E-state index is 9.75. The Kier molecular flexibility index (Phi) is 10.7. The Morgan fingerprint density at radius 3 is 2.41 bits per heavy atom. The summed E-state index contributed by atoms with van der Waals surface area (Å²) in [7, 11) is 0. The Hall–Kier alpha value is -0.460. The molecule has 1 rings (SSSR count). The highest BCUT2D eigenvalue weighted by atomic mass is 16.6. The van der Waals surface area contributed by atoms with Crippen LogP contribution in [0.1, 0.15) is 51.9 Å². The van der Waals surface area contributed by atoms with Crippen LogP contribution in [-0.2, 0) is 9.47 Å². The van der Waals surface area contributed by atoms with Gasteiger partial charge in [0.15, 0.2) is 0 Å². The van der Waals surface area contributed by atoms with Gasteiger partial charge in [0, 0.05) is 6.61 Å². The predicted octanol–water partition coefficient (Wildman–Crippen LogP) is 1.79. The summed E-state index contributed by atoms with van der Waals surface area (Å²) in [4.78, 5) is 0. The molecule has 0 bridgehead atoms. The molecule has 0 aromatic carbocycles. The lowest BCUT2D eigenvalue weighted by molar-refractivity contribution is -0.101. The van der Waals surface area contributed by atoms with Crippen molar-refractivity contribution in [3.63, 3.8) is 0 Å². The van der Waals surface area contributed by atoms with Gasteiger partial charge in [-0.3, -0.25) is 0 Å². The number of hydrogen-bond donors (Lipinski definition) is 3. The van der Waals surface area contributed by atoms with Crippen molar-refractivity contribution in [2.45, 2.75) is 76.3 Å². The Labute approximate surface area is 133 Å². The fraction of sp³-hybridized carbons (Fsp3) is 0.882. The van der Waals surface area contributed by atoms with Crippen LogP contribution >= 0.6 is 0 Å². The molecule has 1 aliphatic heterocycles. The van der Waals surface area contributed by atoms with Crippen molar-refractivity contribution < 1.29 is 24.8 Å². The van der Waals surface area contributed by atoms with E-state index in [0.29, 0.717) is 6.61 Å². The monoisotopic (exact) mass is 316 g/mol. The summed E-state index contributed by atoms with van der Waals surface area (Å²) in [5.74, 6) is 0. The van der Waals surface area contributed by atoms with E-state index in [1.54, 1.807) is 0 Å². The van der Waals surface area contributed by atoms with Gasteiger partial charge < -0.3 is 24.8 Å². The van der Waals surface area contributed by atoms with E-state index in [-0.39, 0.29) is 13.2 Å². The minimum absolute atomic E-state index is 0.0961. The third-order valence-electron chi connectivity index (χ3n) is 4.07. The van der Waals surface area contributed by atoms with Gasteiger partial charge in [-0.1, -0.05) is 37.8 Å². The fourth-order valence-electron chi connectivity index (χ4n) is 2.68. The first-order valence-corrected chi connectivity index (χ1v) is 8.52. The van der Waals surface area contributed by atoms with Gasteiger partial charge in [0.1, 0.15) is 24.4 Å². The second kappa shape index (κ2) is 12.0. The highest BCUT2D eigenvalue weighted by Crippen LogP contribution is 2.19. The molecule has 0 aromatic rings. The molecule has 5 heteroatoms. The number of allylic oxidation sites excluding steroid dienone is 2. The minimum Gasteiger partial charge on any atom is -0.394 e. The summed E-state index contributed by atoms with van der Waals surface area (Å²) in [6.45, 7) is 2.49. The molecule has 22 heavy (non-hydrogen) atoms. The van der Waals surface area contributed by atoms with Crippen molar-refractivity contribution in [3.8, 4) is 0 Å². The molecule has 4 atom stereocenters. The number of unbranched alkanes of at least 4 members (excludes halogenated alkanes) is 6. The summed E-state index contributed by atoms with van der Waals surface area (Å²) in [5.41, 5.74) is 0. The summed E-state index contributed by atoms with van der Waals surface area (Å²) < 4.78 is 10.9. The first-order valence-electron chi connectivity index (χ1n) is 8.52. The van der Waals surface area contributed by atoms with Crippen LogP contribution in [0.25, 0.3) is 0 Å². The van der Waals surface area contributed by atoms with E-state index in [4.69, 9.17) is 9.47 Å². The van der Waals surface area contributed by atoms with Crippen LogP contribution in [-0.4, -0.2) is 59.6 Å². The topological polar surface area (TPSA) is 79.2 Å². The van der Waals surface area contributed by atoms with Crippen molar-refractivity contribution in [1.29, 1.82) is 0 Å². The maximum Gasteiger partial charge on any atom is 0.114 e. The molecular formula is C17H32O5. The number of rotatable bonds is 12. The molecule has 0 unspecified atom stereocenters. The van der Waals surface area contributed by atoms with E-state index in [9.17, 15) is 15.3 Å². The molecule has 0 radical (unpaired) electrons. The number of aliphatic hydroxyl groups excluding tert-OH is 3. The van der Waals surface area contributed by atoms with E-state index in [0.717, 1.165) is 12.8 Å². The Morgan fingerprint density at radius 2 is 1.82 bits per heavy atom. The first-order chi connectivity index (χ1) is 10.7. The van der Waals surface area contributed by atoms with Gasteiger partial charge in [0.05, 0.1) is 13.2 Å². The molecular weight excluding hydrogens is 284 g/mol. The average molecular weight is 316 g/mol. The highest BCUT2D eigenvalue weighted by Gasteiger charge is 2.40. The van der Waals surface area contributed by atoms with E-state index >= 15 is 0 Å². The predicted molar refractivity (Wildman–Crippen MR) is 85.7 cm³/mol. The van der Waals surface area contributed by atoms with Gasteiger partial charge in [-0.15, -0.1) is 0 Å². The molecule has 0 amide bonds. The third kappa shape index (κ3) is 7.20. The first kappa shape index (κ1) is 19.6. The maximum atomic E-state index is 9.75. The zero-order valence-electron chi connectivity index (χ0n) is 13.7. The smallest absolute Gasteiger partial charge is 0.114 e. The Morgan fingerprint density at radius 1 is 1.14 bits per heavy atom. The van der Waals surface area contributed by atoms with Crippen LogP contribution < -0.4 is 0 Å². The van der Waals surface area contributed by atoms with Crippen LogP contribution in [0.15, 0.2) is 12.2 Å². The van der Waals surface area contributed by atoms with Gasteiger partial charge in [0.2, 0.25) is 0 Å². The molecule has 3 N–H and O–H groups in total. The average Bonchev–Trinajstić information content (AvgIpc) is 2.85. The summed E-state index contributed by atoms with van der Waals surface area (Å²) in [5, 5.41) is 28.5. The Balaban J connectivity index is 2.01. The SMILES string of the molecule is C/C=C/CCCCCCCCO[C@@H](CO)[C@@H]1OC[C@@H](O)[C@@H]1O. The molecule has 1 fully saturated rings. The second-order valence-electron chi connectivity index (χ2n) is 5.93. The lowest BCUT2D eigenvalue weighted by Gasteiger charge is -2.24.